The number of rotatable bonds is 7. The van der Waals surface area contributed by atoms with E-state index in [0.29, 0.717) is 12.5 Å². The third-order valence-corrected chi connectivity index (χ3v) is 3.85. The average Bonchev–Trinajstić information content (AvgIpc) is 2.46. The second-order valence-corrected chi connectivity index (χ2v) is 6.79. The maximum atomic E-state index is 5.91. The molecule has 0 saturated heterocycles. The van der Waals surface area contributed by atoms with Crippen LogP contribution < -0.4 is 10.1 Å². The zero-order valence-corrected chi connectivity index (χ0v) is 14.8. The molecule has 112 valence electrons. The van der Waals surface area contributed by atoms with Crippen LogP contribution in [0.15, 0.2) is 48.5 Å². The Labute approximate surface area is 141 Å². The molecule has 0 spiro atoms. The lowest BCUT2D eigenvalue weighted by molar-refractivity contribution is 0.304. The summed E-state index contributed by atoms with van der Waals surface area (Å²) in [5.41, 5.74) is 2.55. The summed E-state index contributed by atoms with van der Waals surface area (Å²) in [6, 6.07) is 16.6. The van der Waals surface area contributed by atoms with Crippen molar-refractivity contribution in [1.29, 1.82) is 0 Å². The predicted octanol–water partition coefficient (Wildman–Crippen LogP) is 4.62. The van der Waals surface area contributed by atoms with Crippen LogP contribution in [0.4, 0.5) is 0 Å². The Kier molecular flexibility index (Phi) is 6.51. The van der Waals surface area contributed by atoms with Crippen molar-refractivity contribution in [3.8, 4) is 5.75 Å². The third-order valence-electron chi connectivity index (χ3n) is 3.18. The van der Waals surface area contributed by atoms with E-state index < -0.39 is 0 Å². The lowest BCUT2D eigenvalue weighted by Crippen LogP contribution is -2.20. The zero-order valence-electron chi connectivity index (χ0n) is 12.6. The van der Waals surface area contributed by atoms with Gasteiger partial charge in [-0.15, -0.1) is 0 Å². The van der Waals surface area contributed by atoms with Crippen LogP contribution in [-0.4, -0.2) is 6.54 Å². The number of benzene rings is 2. The fourth-order valence-electron chi connectivity index (χ4n) is 2.08. The van der Waals surface area contributed by atoms with E-state index in [4.69, 9.17) is 4.74 Å². The van der Waals surface area contributed by atoms with E-state index in [-0.39, 0.29) is 0 Å². The van der Waals surface area contributed by atoms with Crippen molar-refractivity contribution < 1.29 is 4.74 Å². The third kappa shape index (κ3) is 5.67. The quantitative estimate of drug-likeness (QED) is 0.691. The van der Waals surface area contributed by atoms with Crippen molar-refractivity contribution in [3.63, 3.8) is 0 Å². The lowest BCUT2D eigenvalue weighted by atomic mass is 10.1. The first-order chi connectivity index (χ1) is 10.1. The molecule has 1 N–H and O–H groups in total. The Balaban J connectivity index is 1.96. The van der Waals surface area contributed by atoms with Gasteiger partial charge in [-0.05, 0) is 64.4 Å². The summed E-state index contributed by atoms with van der Waals surface area (Å²) in [6.07, 6.45) is 0. The molecule has 0 fully saturated rings. The van der Waals surface area contributed by atoms with Crippen molar-refractivity contribution in [2.75, 3.05) is 6.54 Å². The first-order valence-electron chi connectivity index (χ1n) is 7.31. The van der Waals surface area contributed by atoms with Crippen LogP contribution in [0, 0.1) is 9.49 Å². The highest BCUT2D eigenvalue weighted by molar-refractivity contribution is 14.1. The molecule has 0 radical (unpaired) electrons. The molecule has 3 heteroatoms. The van der Waals surface area contributed by atoms with Crippen molar-refractivity contribution in [2.45, 2.75) is 27.0 Å². The Morgan fingerprint density at radius 3 is 2.52 bits per heavy atom. The van der Waals surface area contributed by atoms with Gasteiger partial charge in [0, 0.05) is 10.1 Å². The van der Waals surface area contributed by atoms with Crippen LogP contribution in [0.25, 0.3) is 0 Å². The van der Waals surface area contributed by atoms with Crippen LogP contribution in [0.5, 0.6) is 5.75 Å². The molecule has 0 aliphatic carbocycles. The largest absolute Gasteiger partial charge is 0.489 e. The maximum absolute atomic E-state index is 5.91. The summed E-state index contributed by atoms with van der Waals surface area (Å²) in [7, 11) is 0. The smallest absolute Gasteiger partial charge is 0.120 e. The molecule has 0 amide bonds. The second-order valence-electron chi connectivity index (χ2n) is 5.54. The number of hydrogen-bond acceptors (Lipinski definition) is 2. The molecule has 2 aromatic rings. The Bertz CT molecular complexity index is 569. The van der Waals surface area contributed by atoms with Gasteiger partial charge in [-0.25, -0.2) is 0 Å². The normalized spacial score (nSPS) is 10.9. The summed E-state index contributed by atoms with van der Waals surface area (Å²) in [5, 5.41) is 3.49. The highest BCUT2D eigenvalue weighted by Gasteiger charge is 2.03. The SMILES string of the molecule is CC(C)CNCc1ccccc1COc1cccc(I)c1. The Morgan fingerprint density at radius 2 is 1.81 bits per heavy atom. The van der Waals surface area contributed by atoms with Crippen LogP contribution >= 0.6 is 22.6 Å². The number of hydrogen-bond donors (Lipinski definition) is 1. The molecular formula is C18H22INO. The summed E-state index contributed by atoms with van der Waals surface area (Å²) < 4.78 is 7.10. The van der Waals surface area contributed by atoms with Gasteiger partial charge in [0.1, 0.15) is 12.4 Å². The molecule has 21 heavy (non-hydrogen) atoms. The van der Waals surface area contributed by atoms with Crippen LogP contribution in [0.3, 0.4) is 0 Å². The van der Waals surface area contributed by atoms with Crippen LogP contribution in [0.1, 0.15) is 25.0 Å². The van der Waals surface area contributed by atoms with E-state index in [1.807, 2.05) is 12.1 Å². The van der Waals surface area contributed by atoms with Gasteiger partial charge in [0.15, 0.2) is 0 Å². The first-order valence-corrected chi connectivity index (χ1v) is 8.39. The van der Waals surface area contributed by atoms with Crippen LogP contribution in [-0.2, 0) is 13.2 Å². The molecule has 0 aromatic heterocycles. The fourth-order valence-corrected chi connectivity index (χ4v) is 2.60. The molecule has 0 atom stereocenters. The van der Waals surface area contributed by atoms with E-state index in [1.54, 1.807) is 0 Å². The van der Waals surface area contributed by atoms with E-state index in [9.17, 15) is 0 Å². The van der Waals surface area contributed by atoms with E-state index >= 15 is 0 Å². The van der Waals surface area contributed by atoms with Gasteiger partial charge < -0.3 is 10.1 Å². The number of nitrogens with one attached hydrogen (secondary N) is 1. The number of halogens is 1. The monoisotopic (exact) mass is 395 g/mol. The minimum atomic E-state index is 0.611. The van der Waals surface area contributed by atoms with Crippen molar-refractivity contribution >= 4 is 22.6 Å². The second kappa shape index (κ2) is 8.39. The standard InChI is InChI=1S/C18H22INO/c1-14(2)11-20-12-15-6-3-4-7-16(15)13-21-18-9-5-8-17(19)10-18/h3-10,14,20H,11-13H2,1-2H3. The maximum Gasteiger partial charge on any atom is 0.120 e. The van der Waals surface area contributed by atoms with Gasteiger partial charge in [-0.2, -0.15) is 0 Å². The highest BCUT2D eigenvalue weighted by Crippen LogP contribution is 2.17. The first kappa shape index (κ1) is 16.3. The molecule has 0 unspecified atom stereocenters. The van der Waals surface area contributed by atoms with Gasteiger partial charge in [0.2, 0.25) is 0 Å². The molecule has 0 bridgehead atoms. The molecule has 0 aliphatic rings. The molecule has 2 nitrogen and oxygen atoms in total. The molecule has 0 heterocycles. The van der Waals surface area contributed by atoms with Gasteiger partial charge in [-0.1, -0.05) is 44.2 Å². The summed E-state index contributed by atoms with van der Waals surface area (Å²) in [4.78, 5) is 0. The molecular weight excluding hydrogens is 373 g/mol. The summed E-state index contributed by atoms with van der Waals surface area (Å²) in [5.74, 6) is 1.59. The number of ether oxygens (including phenoxy) is 1. The van der Waals surface area contributed by atoms with Gasteiger partial charge in [0.05, 0.1) is 0 Å². The lowest BCUT2D eigenvalue weighted by Gasteiger charge is -2.13. The van der Waals surface area contributed by atoms with Crippen molar-refractivity contribution in [3.05, 3.63) is 63.2 Å². The van der Waals surface area contributed by atoms with E-state index in [0.717, 1.165) is 18.8 Å². The van der Waals surface area contributed by atoms with Crippen molar-refractivity contribution in [2.24, 2.45) is 5.92 Å². The van der Waals surface area contributed by atoms with Crippen molar-refractivity contribution in [1.82, 2.24) is 5.32 Å². The van der Waals surface area contributed by atoms with Gasteiger partial charge in [0.25, 0.3) is 0 Å². The van der Waals surface area contributed by atoms with Gasteiger partial charge >= 0.3 is 0 Å². The Morgan fingerprint density at radius 1 is 1.05 bits per heavy atom. The minimum absolute atomic E-state index is 0.611. The molecule has 2 aromatic carbocycles. The molecule has 0 aliphatic heterocycles. The minimum Gasteiger partial charge on any atom is -0.489 e. The highest BCUT2D eigenvalue weighted by atomic mass is 127. The topological polar surface area (TPSA) is 21.3 Å². The fraction of sp³-hybridized carbons (Fsp3) is 0.333. The molecule has 2 rings (SSSR count). The van der Waals surface area contributed by atoms with E-state index in [2.05, 4.69) is 78.2 Å². The van der Waals surface area contributed by atoms with Gasteiger partial charge in [-0.3, -0.25) is 0 Å². The average molecular weight is 395 g/mol. The Hall–Kier alpha value is -1.07. The molecule has 0 saturated carbocycles. The van der Waals surface area contributed by atoms with E-state index in [1.165, 1.54) is 14.7 Å². The summed E-state index contributed by atoms with van der Waals surface area (Å²) >= 11 is 2.30. The zero-order chi connectivity index (χ0) is 15.1. The summed E-state index contributed by atoms with van der Waals surface area (Å²) in [6.45, 7) is 6.98. The van der Waals surface area contributed by atoms with Crippen LogP contribution in [0.2, 0.25) is 0 Å². The predicted molar refractivity (Wildman–Crippen MR) is 96.5 cm³/mol.